The first-order chi connectivity index (χ1) is 10.2. The summed E-state index contributed by atoms with van der Waals surface area (Å²) >= 11 is 0. The molecule has 4 rings (SSSR count). The number of ketones is 1. The van der Waals surface area contributed by atoms with Crippen LogP contribution in [-0.4, -0.2) is 5.78 Å². The van der Waals surface area contributed by atoms with Gasteiger partial charge in [0.15, 0.2) is 0 Å². The highest BCUT2D eigenvalue weighted by Crippen LogP contribution is 2.56. The quantitative estimate of drug-likeness (QED) is 0.755. The number of unbranched alkanes of at least 4 members (excludes halogenated alkanes) is 1. The summed E-state index contributed by atoms with van der Waals surface area (Å²) in [5.41, 5.74) is 4.29. The van der Waals surface area contributed by atoms with Crippen molar-refractivity contribution in [3.05, 3.63) is 47.0 Å². The summed E-state index contributed by atoms with van der Waals surface area (Å²) in [6.07, 6.45) is 12.4. The van der Waals surface area contributed by atoms with Crippen molar-refractivity contribution in [2.75, 3.05) is 0 Å². The van der Waals surface area contributed by atoms with Gasteiger partial charge in [-0.2, -0.15) is 0 Å². The van der Waals surface area contributed by atoms with Gasteiger partial charge in [-0.15, -0.1) is 0 Å². The smallest absolute Gasteiger partial charge is 0.144 e. The van der Waals surface area contributed by atoms with Crippen molar-refractivity contribution in [2.24, 2.45) is 17.3 Å². The molecule has 1 aromatic rings. The minimum atomic E-state index is -0.0469. The SMILES string of the molecule is CCCCc1cccc2c1CC1(CC3C=CC1C3)C(=O)C2. The van der Waals surface area contributed by atoms with Crippen LogP contribution in [0.4, 0.5) is 0 Å². The average molecular weight is 280 g/mol. The van der Waals surface area contributed by atoms with Gasteiger partial charge in [0.1, 0.15) is 5.78 Å². The zero-order valence-electron chi connectivity index (χ0n) is 12.9. The van der Waals surface area contributed by atoms with E-state index in [1.54, 1.807) is 0 Å². The zero-order valence-corrected chi connectivity index (χ0v) is 12.9. The van der Waals surface area contributed by atoms with Crippen LogP contribution in [-0.2, 0) is 24.1 Å². The molecular weight excluding hydrogens is 256 g/mol. The first-order valence-corrected chi connectivity index (χ1v) is 8.54. The Morgan fingerprint density at radius 2 is 2.19 bits per heavy atom. The largest absolute Gasteiger partial charge is 0.299 e. The number of Topliss-reactive ketones (excluding diaryl/α,β-unsaturated/α-hetero) is 1. The number of aryl methyl sites for hydroxylation is 1. The third kappa shape index (κ3) is 1.93. The predicted molar refractivity (Wildman–Crippen MR) is 85.3 cm³/mol. The fourth-order valence-electron chi connectivity index (χ4n) is 4.92. The van der Waals surface area contributed by atoms with Gasteiger partial charge in [-0.1, -0.05) is 43.7 Å². The van der Waals surface area contributed by atoms with Crippen LogP contribution < -0.4 is 0 Å². The Morgan fingerprint density at radius 3 is 2.90 bits per heavy atom. The van der Waals surface area contributed by atoms with E-state index in [-0.39, 0.29) is 5.41 Å². The molecule has 0 heterocycles. The second-order valence-corrected chi connectivity index (χ2v) is 7.28. The Kier molecular flexibility index (Phi) is 3.06. The molecule has 0 N–H and O–H groups in total. The third-order valence-corrected chi connectivity index (χ3v) is 6.08. The van der Waals surface area contributed by atoms with Gasteiger partial charge in [0.25, 0.3) is 0 Å². The van der Waals surface area contributed by atoms with Crippen LogP contribution >= 0.6 is 0 Å². The van der Waals surface area contributed by atoms with E-state index in [1.165, 1.54) is 42.4 Å². The number of hydrogen-bond donors (Lipinski definition) is 0. The molecule has 1 aromatic carbocycles. The second-order valence-electron chi connectivity index (χ2n) is 7.28. The standard InChI is InChI=1S/C20H24O/c1-2-3-5-15-6-4-7-16-11-19(21)20(13-18(15)16)12-14-8-9-17(20)10-14/h4,6-9,14,17H,2-3,5,10-13H2,1H3. The van der Waals surface area contributed by atoms with E-state index in [0.717, 1.165) is 12.8 Å². The van der Waals surface area contributed by atoms with Gasteiger partial charge in [0.05, 0.1) is 0 Å². The maximum absolute atomic E-state index is 12.9. The Balaban J connectivity index is 1.72. The maximum atomic E-state index is 12.9. The van der Waals surface area contributed by atoms with Gasteiger partial charge < -0.3 is 0 Å². The molecule has 0 radical (unpaired) electrons. The summed E-state index contributed by atoms with van der Waals surface area (Å²) in [6, 6.07) is 6.62. The highest BCUT2D eigenvalue weighted by molar-refractivity contribution is 5.90. The lowest BCUT2D eigenvalue weighted by molar-refractivity contribution is -0.130. The summed E-state index contributed by atoms with van der Waals surface area (Å²) in [5.74, 6) is 1.70. The highest BCUT2D eigenvalue weighted by Gasteiger charge is 2.54. The lowest BCUT2D eigenvalue weighted by Gasteiger charge is -2.39. The minimum Gasteiger partial charge on any atom is -0.299 e. The molecular formula is C20H24O. The van der Waals surface area contributed by atoms with Crippen molar-refractivity contribution in [1.29, 1.82) is 0 Å². The fraction of sp³-hybridized carbons (Fsp3) is 0.550. The maximum Gasteiger partial charge on any atom is 0.144 e. The van der Waals surface area contributed by atoms with Crippen LogP contribution in [0.2, 0.25) is 0 Å². The molecule has 3 aliphatic rings. The lowest BCUT2D eigenvalue weighted by Crippen LogP contribution is -2.42. The lowest BCUT2D eigenvalue weighted by atomic mass is 9.63. The number of carbonyl (C=O) groups excluding carboxylic acids is 1. The van der Waals surface area contributed by atoms with Gasteiger partial charge in [-0.05, 0) is 60.6 Å². The molecule has 3 unspecified atom stereocenters. The number of allylic oxidation sites excluding steroid dienone is 2. The van der Waals surface area contributed by atoms with Crippen molar-refractivity contribution < 1.29 is 4.79 Å². The van der Waals surface area contributed by atoms with Gasteiger partial charge in [0, 0.05) is 11.8 Å². The molecule has 0 aromatic heterocycles. The van der Waals surface area contributed by atoms with Crippen molar-refractivity contribution in [3.63, 3.8) is 0 Å². The van der Waals surface area contributed by atoms with Crippen LogP contribution in [0.25, 0.3) is 0 Å². The minimum absolute atomic E-state index is 0.0469. The molecule has 0 saturated heterocycles. The van der Waals surface area contributed by atoms with Gasteiger partial charge >= 0.3 is 0 Å². The highest BCUT2D eigenvalue weighted by atomic mass is 16.1. The molecule has 1 spiro atoms. The summed E-state index contributed by atoms with van der Waals surface area (Å²) in [7, 11) is 0. The number of benzene rings is 1. The Morgan fingerprint density at radius 1 is 1.29 bits per heavy atom. The summed E-state index contributed by atoms with van der Waals surface area (Å²) < 4.78 is 0. The Labute approximate surface area is 127 Å². The van der Waals surface area contributed by atoms with E-state index in [9.17, 15) is 4.79 Å². The molecule has 3 atom stereocenters. The van der Waals surface area contributed by atoms with Gasteiger partial charge in [-0.25, -0.2) is 0 Å². The first kappa shape index (κ1) is 13.3. The van der Waals surface area contributed by atoms with E-state index in [1.807, 2.05) is 0 Å². The molecule has 21 heavy (non-hydrogen) atoms. The second kappa shape index (κ2) is 4.83. The molecule has 3 aliphatic carbocycles. The van der Waals surface area contributed by atoms with Crippen molar-refractivity contribution in [1.82, 2.24) is 0 Å². The number of hydrogen-bond acceptors (Lipinski definition) is 1. The Hall–Kier alpha value is -1.37. The monoisotopic (exact) mass is 280 g/mol. The van der Waals surface area contributed by atoms with E-state index in [0.29, 0.717) is 24.0 Å². The number of rotatable bonds is 3. The van der Waals surface area contributed by atoms with E-state index >= 15 is 0 Å². The predicted octanol–water partition coefficient (Wildman–Crippen LogP) is 4.28. The van der Waals surface area contributed by atoms with Crippen LogP contribution in [0.5, 0.6) is 0 Å². The normalized spacial score (nSPS) is 32.9. The van der Waals surface area contributed by atoms with Crippen molar-refractivity contribution >= 4 is 5.78 Å². The molecule has 0 amide bonds. The topological polar surface area (TPSA) is 17.1 Å². The molecule has 1 saturated carbocycles. The first-order valence-electron chi connectivity index (χ1n) is 8.54. The summed E-state index contributed by atoms with van der Waals surface area (Å²) in [5, 5.41) is 0. The molecule has 2 bridgehead atoms. The van der Waals surface area contributed by atoms with E-state index in [4.69, 9.17) is 0 Å². The van der Waals surface area contributed by atoms with Crippen LogP contribution in [0.3, 0.4) is 0 Å². The van der Waals surface area contributed by atoms with Crippen molar-refractivity contribution in [3.8, 4) is 0 Å². The van der Waals surface area contributed by atoms with E-state index in [2.05, 4.69) is 37.3 Å². The molecule has 0 aliphatic heterocycles. The van der Waals surface area contributed by atoms with E-state index < -0.39 is 0 Å². The van der Waals surface area contributed by atoms with Crippen LogP contribution in [0.15, 0.2) is 30.4 Å². The zero-order chi connectivity index (χ0) is 14.4. The van der Waals surface area contributed by atoms with Crippen molar-refractivity contribution in [2.45, 2.75) is 51.9 Å². The molecule has 1 fully saturated rings. The molecule has 1 heteroatoms. The van der Waals surface area contributed by atoms with Gasteiger partial charge in [0.2, 0.25) is 0 Å². The molecule has 1 nitrogen and oxygen atoms in total. The van der Waals surface area contributed by atoms with Crippen LogP contribution in [0, 0.1) is 17.3 Å². The Bertz CT molecular complexity index is 612. The summed E-state index contributed by atoms with van der Waals surface area (Å²) in [4.78, 5) is 12.9. The molecule has 110 valence electrons. The third-order valence-electron chi connectivity index (χ3n) is 6.08. The summed E-state index contributed by atoms with van der Waals surface area (Å²) in [6.45, 7) is 2.25. The number of fused-ring (bicyclic) bond motifs is 4. The number of carbonyl (C=O) groups is 1. The van der Waals surface area contributed by atoms with Gasteiger partial charge in [-0.3, -0.25) is 4.79 Å². The average Bonchev–Trinajstić information content (AvgIpc) is 3.08. The van der Waals surface area contributed by atoms with Crippen LogP contribution in [0.1, 0.15) is 49.3 Å². The fourth-order valence-corrected chi connectivity index (χ4v) is 4.92.